The maximum atomic E-state index is 11.9. The third-order valence-electron chi connectivity index (χ3n) is 3.04. The van der Waals surface area contributed by atoms with Gasteiger partial charge in [0.1, 0.15) is 6.54 Å². The average molecular weight is 349 g/mol. The third-order valence-corrected chi connectivity index (χ3v) is 4.17. The van der Waals surface area contributed by atoms with Crippen LogP contribution in [0.3, 0.4) is 0 Å². The zero-order chi connectivity index (χ0) is 17.4. The molecule has 2 rings (SSSR count). The minimum Gasteiger partial charge on any atom is -0.465 e. The molecule has 0 bridgehead atoms. The lowest BCUT2D eigenvalue weighted by molar-refractivity contribution is -0.143. The van der Waals surface area contributed by atoms with E-state index in [1.165, 1.54) is 11.8 Å². The molecule has 0 spiro atoms. The highest BCUT2D eigenvalue weighted by Gasteiger charge is 2.17. The molecule has 1 unspecified atom stereocenters. The molecule has 1 heterocycles. The molecule has 1 aromatic carbocycles. The van der Waals surface area contributed by atoms with Crippen LogP contribution in [0.25, 0.3) is 11.4 Å². The molecule has 1 N–H and O–H groups in total. The van der Waals surface area contributed by atoms with Gasteiger partial charge in [-0.3, -0.25) is 9.59 Å². The van der Waals surface area contributed by atoms with Gasteiger partial charge in [0.25, 0.3) is 0 Å². The number of carbonyl (C=O) groups excluding carboxylic acids is 2. The van der Waals surface area contributed by atoms with Crippen LogP contribution in [0.2, 0.25) is 0 Å². The lowest BCUT2D eigenvalue weighted by Crippen LogP contribution is -2.35. The Bertz CT molecular complexity index is 675. The van der Waals surface area contributed by atoms with Crippen LogP contribution in [0, 0.1) is 0 Å². The Labute approximate surface area is 144 Å². The minimum atomic E-state index is -0.451. The van der Waals surface area contributed by atoms with Crippen molar-refractivity contribution >= 4 is 23.6 Å². The quantitative estimate of drug-likeness (QED) is 0.729. The number of benzene rings is 1. The second-order valence-corrected chi connectivity index (χ2v) is 6.18. The highest BCUT2D eigenvalue weighted by atomic mass is 32.2. The van der Waals surface area contributed by atoms with Crippen molar-refractivity contribution in [3.8, 4) is 11.4 Å². The van der Waals surface area contributed by atoms with E-state index < -0.39 is 5.97 Å². The maximum absolute atomic E-state index is 11.9. The molecule has 1 amide bonds. The van der Waals surface area contributed by atoms with Gasteiger partial charge in [0, 0.05) is 5.56 Å². The number of amides is 1. The van der Waals surface area contributed by atoms with E-state index in [4.69, 9.17) is 9.26 Å². The summed E-state index contributed by atoms with van der Waals surface area (Å²) in [7, 11) is 0. The first-order chi connectivity index (χ1) is 11.6. The molecule has 0 saturated heterocycles. The Hall–Kier alpha value is -2.35. The standard InChI is InChI=1S/C16H19N3O4S/c1-3-22-14(20)9-17-16(21)11(2)24-10-13-18-15(19-23-13)12-7-5-4-6-8-12/h4-8,11H,3,9-10H2,1-2H3,(H,17,21). The Morgan fingerprint density at radius 2 is 2.08 bits per heavy atom. The fourth-order valence-corrected chi connectivity index (χ4v) is 2.55. The first kappa shape index (κ1) is 18.0. The van der Waals surface area contributed by atoms with Crippen LogP contribution in [0.1, 0.15) is 19.7 Å². The highest BCUT2D eigenvalue weighted by Crippen LogP contribution is 2.20. The Balaban J connectivity index is 1.79. The number of hydrogen-bond donors (Lipinski definition) is 1. The van der Waals surface area contributed by atoms with Crippen LogP contribution in [0.5, 0.6) is 0 Å². The van der Waals surface area contributed by atoms with E-state index in [0.717, 1.165) is 5.56 Å². The molecule has 0 radical (unpaired) electrons. The number of rotatable bonds is 8. The van der Waals surface area contributed by atoms with Gasteiger partial charge in [-0.25, -0.2) is 0 Å². The number of esters is 1. The first-order valence-corrected chi connectivity index (χ1v) is 8.58. The van der Waals surface area contributed by atoms with Gasteiger partial charge in [-0.1, -0.05) is 35.5 Å². The van der Waals surface area contributed by atoms with Gasteiger partial charge in [0.15, 0.2) is 0 Å². The molecule has 0 saturated carbocycles. The summed E-state index contributed by atoms with van der Waals surface area (Å²) in [6, 6.07) is 9.50. The lowest BCUT2D eigenvalue weighted by Gasteiger charge is -2.10. The monoisotopic (exact) mass is 349 g/mol. The van der Waals surface area contributed by atoms with Gasteiger partial charge in [-0.05, 0) is 13.8 Å². The van der Waals surface area contributed by atoms with E-state index in [-0.39, 0.29) is 17.7 Å². The van der Waals surface area contributed by atoms with Crippen molar-refractivity contribution in [2.24, 2.45) is 0 Å². The summed E-state index contributed by atoms with van der Waals surface area (Å²) in [6.45, 7) is 3.63. The molecule has 128 valence electrons. The molecule has 7 nitrogen and oxygen atoms in total. The second kappa shape index (κ2) is 9.07. The van der Waals surface area contributed by atoms with Crippen LogP contribution in [0.15, 0.2) is 34.9 Å². The molecule has 24 heavy (non-hydrogen) atoms. The predicted octanol–water partition coefficient (Wildman–Crippen LogP) is 2.04. The normalized spacial score (nSPS) is 11.8. The van der Waals surface area contributed by atoms with Crippen molar-refractivity contribution in [1.82, 2.24) is 15.5 Å². The molecular weight excluding hydrogens is 330 g/mol. The van der Waals surface area contributed by atoms with E-state index in [9.17, 15) is 9.59 Å². The van der Waals surface area contributed by atoms with Crippen LogP contribution >= 0.6 is 11.8 Å². The van der Waals surface area contributed by atoms with E-state index >= 15 is 0 Å². The molecule has 8 heteroatoms. The summed E-state index contributed by atoms with van der Waals surface area (Å²) in [6.07, 6.45) is 0. The van der Waals surface area contributed by atoms with Crippen molar-refractivity contribution in [2.45, 2.75) is 24.9 Å². The Morgan fingerprint density at radius 3 is 2.79 bits per heavy atom. The summed E-state index contributed by atoms with van der Waals surface area (Å²) in [5, 5.41) is 6.11. The highest BCUT2D eigenvalue weighted by molar-refractivity contribution is 7.99. The average Bonchev–Trinajstić information content (AvgIpc) is 3.07. The number of carbonyl (C=O) groups is 2. The number of hydrogen-bond acceptors (Lipinski definition) is 7. The van der Waals surface area contributed by atoms with Crippen molar-refractivity contribution in [3.63, 3.8) is 0 Å². The van der Waals surface area contributed by atoms with Gasteiger partial charge in [0.05, 0.1) is 17.6 Å². The molecule has 0 aliphatic rings. The van der Waals surface area contributed by atoms with Crippen molar-refractivity contribution in [1.29, 1.82) is 0 Å². The van der Waals surface area contributed by atoms with E-state index in [0.29, 0.717) is 24.1 Å². The third kappa shape index (κ3) is 5.38. The van der Waals surface area contributed by atoms with Crippen LogP contribution in [-0.4, -0.2) is 40.4 Å². The van der Waals surface area contributed by atoms with Crippen molar-refractivity contribution in [3.05, 3.63) is 36.2 Å². The number of aromatic nitrogens is 2. The molecule has 1 aromatic heterocycles. The van der Waals surface area contributed by atoms with Gasteiger partial charge >= 0.3 is 5.97 Å². The largest absolute Gasteiger partial charge is 0.465 e. The van der Waals surface area contributed by atoms with Crippen LogP contribution in [0.4, 0.5) is 0 Å². The lowest BCUT2D eigenvalue weighted by atomic mass is 10.2. The summed E-state index contributed by atoms with van der Waals surface area (Å²) < 4.78 is 9.94. The SMILES string of the molecule is CCOC(=O)CNC(=O)C(C)SCc1nc(-c2ccccc2)no1. The van der Waals surface area contributed by atoms with Crippen molar-refractivity contribution in [2.75, 3.05) is 13.2 Å². The predicted molar refractivity (Wildman–Crippen MR) is 90.1 cm³/mol. The van der Waals surface area contributed by atoms with E-state index in [2.05, 4.69) is 15.5 Å². The fraction of sp³-hybridized carbons (Fsp3) is 0.375. The second-order valence-electron chi connectivity index (χ2n) is 4.85. The minimum absolute atomic E-state index is 0.129. The summed E-state index contributed by atoms with van der Waals surface area (Å²) in [5.74, 6) is 0.686. The number of nitrogens with one attached hydrogen (secondary N) is 1. The summed E-state index contributed by atoms with van der Waals surface area (Å²) in [5.41, 5.74) is 0.873. The Kier molecular flexibility index (Phi) is 6.80. The molecule has 1 atom stereocenters. The zero-order valence-corrected chi connectivity index (χ0v) is 14.3. The summed E-state index contributed by atoms with van der Waals surface area (Å²) in [4.78, 5) is 27.4. The Morgan fingerprint density at radius 1 is 1.33 bits per heavy atom. The van der Waals surface area contributed by atoms with Gasteiger partial charge in [-0.2, -0.15) is 4.98 Å². The van der Waals surface area contributed by atoms with Crippen LogP contribution in [-0.2, 0) is 20.1 Å². The molecule has 2 aromatic rings. The smallest absolute Gasteiger partial charge is 0.325 e. The molecule has 0 fully saturated rings. The maximum Gasteiger partial charge on any atom is 0.325 e. The van der Waals surface area contributed by atoms with Gasteiger partial charge in [0.2, 0.25) is 17.6 Å². The molecule has 0 aliphatic heterocycles. The summed E-state index contributed by atoms with van der Waals surface area (Å²) >= 11 is 1.35. The number of thioether (sulfide) groups is 1. The van der Waals surface area contributed by atoms with E-state index in [1.807, 2.05) is 30.3 Å². The number of ether oxygens (including phenoxy) is 1. The van der Waals surface area contributed by atoms with Crippen LogP contribution < -0.4 is 5.32 Å². The fourth-order valence-electron chi connectivity index (χ4n) is 1.80. The zero-order valence-electron chi connectivity index (χ0n) is 13.5. The molecular formula is C16H19N3O4S. The van der Waals surface area contributed by atoms with Crippen molar-refractivity contribution < 1.29 is 18.8 Å². The topological polar surface area (TPSA) is 94.3 Å². The first-order valence-electron chi connectivity index (χ1n) is 7.53. The molecule has 0 aliphatic carbocycles. The number of nitrogens with zero attached hydrogens (tertiary/aromatic N) is 2. The van der Waals surface area contributed by atoms with Gasteiger partial charge < -0.3 is 14.6 Å². The van der Waals surface area contributed by atoms with Gasteiger partial charge in [-0.15, -0.1) is 11.8 Å². The van der Waals surface area contributed by atoms with E-state index in [1.54, 1.807) is 13.8 Å².